The zero-order valence-corrected chi connectivity index (χ0v) is 14.9. The Hall–Kier alpha value is -1.77. The van der Waals surface area contributed by atoms with Gasteiger partial charge in [-0.1, -0.05) is 6.92 Å². The quantitative estimate of drug-likeness (QED) is 0.810. The molecule has 0 aliphatic carbocycles. The standard InChI is InChI=1S/C16H21F3N2O3S/c1-12-7-9-20(10-8-12)15(22)11-21(25(2,23)24)14-5-3-13(4-6-14)16(17,18)19/h3-6,12H,7-11H2,1-2H3. The lowest BCUT2D eigenvalue weighted by Gasteiger charge is -2.32. The number of anilines is 1. The van der Waals surface area contributed by atoms with Gasteiger partial charge in [0.05, 0.1) is 17.5 Å². The van der Waals surface area contributed by atoms with Gasteiger partial charge in [-0.05, 0) is 43.0 Å². The third kappa shape index (κ3) is 5.10. The monoisotopic (exact) mass is 378 g/mol. The maximum absolute atomic E-state index is 12.6. The molecule has 1 heterocycles. The van der Waals surface area contributed by atoms with Crippen molar-refractivity contribution in [3.63, 3.8) is 0 Å². The van der Waals surface area contributed by atoms with Gasteiger partial charge in [0.25, 0.3) is 0 Å². The summed E-state index contributed by atoms with van der Waals surface area (Å²) in [6.07, 6.45) is -1.87. The molecule has 2 rings (SSSR count). The van der Waals surface area contributed by atoms with E-state index in [1.165, 1.54) is 0 Å². The molecule has 1 aromatic carbocycles. The summed E-state index contributed by atoms with van der Waals surface area (Å²) in [7, 11) is -3.81. The van der Waals surface area contributed by atoms with Gasteiger partial charge in [0.1, 0.15) is 6.54 Å². The predicted molar refractivity (Wildman–Crippen MR) is 88.6 cm³/mol. The molecule has 1 amide bonds. The fourth-order valence-electron chi connectivity index (χ4n) is 2.70. The van der Waals surface area contributed by atoms with Gasteiger partial charge in [0, 0.05) is 13.1 Å². The largest absolute Gasteiger partial charge is 0.416 e. The molecule has 0 bridgehead atoms. The molecule has 9 heteroatoms. The Balaban J connectivity index is 2.18. The van der Waals surface area contributed by atoms with Gasteiger partial charge in [-0.3, -0.25) is 9.10 Å². The van der Waals surface area contributed by atoms with Crippen LogP contribution in [0.4, 0.5) is 18.9 Å². The average molecular weight is 378 g/mol. The van der Waals surface area contributed by atoms with Crippen LogP contribution in [0.5, 0.6) is 0 Å². The third-order valence-electron chi connectivity index (χ3n) is 4.30. The second-order valence-electron chi connectivity index (χ2n) is 6.38. The molecular weight excluding hydrogens is 357 g/mol. The lowest BCUT2D eigenvalue weighted by molar-refractivity contribution is -0.137. The predicted octanol–water partition coefficient (Wildman–Crippen LogP) is 2.73. The van der Waals surface area contributed by atoms with Crippen LogP contribution in [-0.4, -0.2) is 45.1 Å². The van der Waals surface area contributed by atoms with E-state index in [2.05, 4.69) is 6.92 Å². The Bertz CT molecular complexity index is 709. The van der Waals surface area contributed by atoms with Gasteiger partial charge >= 0.3 is 6.18 Å². The molecule has 1 saturated heterocycles. The second-order valence-corrected chi connectivity index (χ2v) is 8.28. The van der Waals surface area contributed by atoms with Gasteiger partial charge in [0.2, 0.25) is 15.9 Å². The van der Waals surface area contributed by atoms with E-state index in [4.69, 9.17) is 0 Å². The van der Waals surface area contributed by atoms with E-state index in [1.807, 2.05) is 0 Å². The highest BCUT2D eigenvalue weighted by Crippen LogP contribution is 2.31. The van der Waals surface area contributed by atoms with E-state index in [0.717, 1.165) is 47.7 Å². The zero-order valence-electron chi connectivity index (χ0n) is 14.1. The van der Waals surface area contributed by atoms with Crippen LogP contribution in [0.3, 0.4) is 0 Å². The van der Waals surface area contributed by atoms with Crippen LogP contribution < -0.4 is 4.31 Å². The second kappa shape index (κ2) is 7.23. The maximum Gasteiger partial charge on any atom is 0.416 e. The highest BCUT2D eigenvalue weighted by atomic mass is 32.2. The minimum absolute atomic E-state index is 0.0363. The van der Waals surface area contributed by atoms with Crippen LogP contribution in [0, 0.1) is 5.92 Å². The van der Waals surface area contributed by atoms with Gasteiger partial charge < -0.3 is 4.90 Å². The maximum atomic E-state index is 12.6. The number of carbonyl (C=O) groups excluding carboxylic acids is 1. The summed E-state index contributed by atoms with van der Waals surface area (Å²) in [5.74, 6) is 0.169. The number of sulfonamides is 1. The van der Waals surface area contributed by atoms with E-state index in [9.17, 15) is 26.4 Å². The molecule has 0 saturated carbocycles. The van der Waals surface area contributed by atoms with Crippen molar-refractivity contribution in [1.82, 2.24) is 4.90 Å². The molecular formula is C16H21F3N2O3S. The molecule has 1 aliphatic heterocycles. The molecule has 0 spiro atoms. The summed E-state index contributed by atoms with van der Waals surface area (Å²) >= 11 is 0. The minimum Gasteiger partial charge on any atom is -0.341 e. The van der Waals surface area contributed by atoms with Gasteiger partial charge in [-0.15, -0.1) is 0 Å². The number of halogens is 3. The smallest absolute Gasteiger partial charge is 0.341 e. The first-order valence-corrected chi connectivity index (χ1v) is 9.76. The topological polar surface area (TPSA) is 57.7 Å². The SMILES string of the molecule is CC1CCN(C(=O)CN(c2ccc(C(F)(F)F)cc2)S(C)(=O)=O)CC1. The molecule has 1 aliphatic rings. The molecule has 0 aromatic heterocycles. The lowest BCUT2D eigenvalue weighted by atomic mass is 9.99. The number of rotatable bonds is 4. The van der Waals surface area contributed by atoms with Crippen molar-refractivity contribution >= 4 is 21.6 Å². The summed E-state index contributed by atoms with van der Waals surface area (Å²) in [6.45, 7) is 2.79. The van der Waals surface area contributed by atoms with Crippen LogP contribution in [0.1, 0.15) is 25.3 Å². The van der Waals surface area contributed by atoms with Crippen LogP contribution in [0.15, 0.2) is 24.3 Å². The van der Waals surface area contributed by atoms with Crippen LogP contribution >= 0.6 is 0 Å². The zero-order chi connectivity index (χ0) is 18.8. The molecule has 0 radical (unpaired) electrons. The van der Waals surface area contributed by atoms with Crippen LogP contribution in [-0.2, 0) is 21.0 Å². The average Bonchev–Trinajstić information content (AvgIpc) is 2.51. The van der Waals surface area contributed by atoms with Crippen LogP contribution in [0.25, 0.3) is 0 Å². The van der Waals surface area contributed by atoms with E-state index in [-0.39, 0.29) is 11.6 Å². The fraction of sp³-hybridized carbons (Fsp3) is 0.562. The molecule has 140 valence electrons. The fourth-order valence-corrected chi connectivity index (χ4v) is 3.55. The van der Waals surface area contributed by atoms with Crippen molar-refractivity contribution in [2.45, 2.75) is 25.9 Å². The van der Waals surface area contributed by atoms with Crippen molar-refractivity contribution < 1.29 is 26.4 Å². The Morgan fingerprint density at radius 1 is 1.20 bits per heavy atom. The summed E-state index contributed by atoms with van der Waals surface area (Å²) in [5, 5.41) is 0. The highest BCUT2D eigenvalue weighted by Gasteiger charge is 2.31. The van der Waals surface area contributed by atoms with Gasteiger partial charge in [-0.2, -0.15) is 13.2 Å². The number of alkyl halides is 3. The summed E-state index contributed by atoms with van der Waals surface area (Å²) in [5.41, 5.74) is -0.838. The van der Waals surface area contributed by atoms with Gasteiger partial charge in [-0.25, -0.2) is 8.42 Å². The van der Waals surface area contributed by atoms with Gasteiger partial charge in [0.15, 0.2) is 0 Å². The number of likely N-dealkylation sites (tertiary alicyclic amines) is 1. The van der Waals surface area contributed by atoms with E-state index in [1.54, 1.807) is 4.90 Å². The van der Waals surface area contributed by atoms with E-state index < -0.39 is 28.3 Å². The third-order valence-corrected chi connectivity index (χ3v) is 5.44. The normalized spacial score (nSPS) is 16.8. The number of piperidine rings is 1. The van der Waals surface area contributed by atoms with Crippen molar-refractivity contribution in [2.75, 3.05) is 30.2 Å². The Morgan fingerprint density at radius 2 is 1.72 bits per heavy atom. The first-order valence-electron chi connectivity index (χ1n) is 7.91. The first kappa shape index (κ1) is 19.6. The molecule has 1 aromatic rings. The Labute approximate surface area is 145 Å². The number of benzene rings is 1. The molecule has 1 fully saturated rings. The summed E-state index contributed by atoms with van der Waals surface area (Å²) in [6, 6.07) is 3.74. The van der Waals surface area contributed by atoms with Crippen molar-refractivity contribution in [1.29, 1.82) is 0 Å². The Kier molecular flexibility index (Phi) is 5.65. The number of hydrogen-bond acceptors (Lipinski definition) is 3. The van der Waals surface area contributed by atoms with Crippen molar-refractivity contribution in [3.05, 3.63) is 29.8 Å². The molecule has 25 heavy (non-hydrogen) atoms. The van der Waals surface area contributed by atoms with Crippen LogP contribution in [0.2, 0.25) is 0 Å². The van der Waals surface area contributed by atoms with Crippen molar-refractivity contribution in [3.8, 4) is 0 Å². The first-order chi connectivity index (χ1) is 11.5. The number of hydrogen-bond donors (Lipinski definition) is 0. The Morgan fingerprint density at radius 3 is 2.16 bits per heavy atom. The summed E-state index contributed by atoms with van der Waals surface area (Å²) < 4.78 is 62.8. The number of amides is 1. The number of nitrogens with zero attached hydrogens (tertiary/aromatic N) is 2. The number of carbonyl (C=O) groups is 1. The molecule has 0 atom stereocenters. The minimum atomic E-state index is -4.51. The van der Waals surface area contributed by atoms with E-state index in [0.29, 0.717) is 19.0 Å². The van der Waals surface area contributed by atoms with E-state index >= 15 is 0 Å². The van der Waals surface area contributed by atoms with Crippen molar-refractivity contribution in [2.24, 2.45) is 5.92 Å². The molecule has 0 N–H and O–H groups in total. The molecule has 5 nitrogen and oxygen atoms in total. The lowest BCUT2D eigenvalue weighted by Crippen LogP contribution is -2.45. The molecule has 0 unspecified atom stereocenters. The highest BCUT2D eigenvalue weighted by molar-refractivity contribution is 7.92. The summed E-state index contributed by atoms with van der Waals surface area (Å²) in [4.78, 5) is 14.0.